The van der Waals surface area contributed by atoms with Crippen molar-refractivity contribution in [1.29, 1.82) is 0 Å². The molecule has 66 valence electrons. The van der Waals surface area contributed by atoms with Gasteiger partial charge in [0.1, 0.15) is 5.76 Å². The normalized spacial score (nSPS) is 28.5. The third kappa shape index (κ3) is 1.51. The molecule has 1 aliphatic rings. The lowest BCUT2D eigenvalue weighted by Crippen LogP contribution is -2.21. The first-order valence-electron chi connectivity index (χ1n) is 4.38. The van der Waals surface area contributed by atoms with Gasteiger partial charge in [0.05, 0.1) is 6.20 Å². The van der Waals surface area contributed by atoms with Crippen molar-refractivity contribution < 1.29 is 4.42 Å². The van der Waals surface area contributed by atoms with Crippen LogP contribution < -0.4 is 0 Å². The van der Waals surface area contributed by atoms with Crippen molar-refractivity contribution in [1.82, 2.24) is 4.98 Å². The lowest BCUT2D eigenvalue weighted by molar-refractivity contribution is 0.341. The lowest BCUT2D eigenvalue weighted by atomic mass is 9.85. The summed E-state index contributed by atoms with van der Waals surface area (Å²) < 4.78 is 6.41. The Morgan fingerprint density at radius 1 is 1.67 bits per heavy atom. The number of aryl methyl sites for hydroxylation is 1. The molecule has 1 fully saturated rings. The van der Waals surface area contributed by atoms with E-state index in [9.17, 15) is 0 Å². The smallest absolute Gasteiger partial charge is 0.197 e. The summed E-state index contributed by atoms with van der Waals surface area (Å²) in [4.78, 5) is 4.27. The second kappa shape index (κ2) is 3.36. The van der Waals surface area contributed by atoms with E-state index >= 15 is 0 Å². The van der Waals surface area contributed by atoms with E-state index in [1.807, 2.05) is 6.20 Å². The number of oxazole rings is 1. The van der Waals surface area contributed by atoms with E-state index in [4.69, 9.17) is 4.42 Å². The van der Waals surface area contributed by atoms with Crippen LogP contribution in [0.5, 0.6) is 0 Å². The second-order valence-electron chi connectivity index (χ2n) is 3.28. The molecule has 1 saturated carbocycles. The monoisotopic (exact) mass is 277 g/mol. The van der Waals surface area contributed by atoms with Gasteiger partial charge in [0, 0.05) is 16.3 Å². The fourth-order valence-electron chi connectivity index (χ4n) is 1.42. The largest absolute Gasteiger partial charge is 0.445 e. The lowest BCUT2D eigenvalue weighted by Gasteiger charge is -2.28. The molecule has 0 N–H and O–H groups in total. The minimum atomic E-state index is 0.604. The van der Waals surface area contributed by atoms with Crippen LogP contribution in [0.1, 0.15) is 37.3 Å². The van der Waals surface area contributed by atoms with E-state index in [1.54, 1.807) is 0 Å². The summed E-state index contributed by atoms with van der Waals surface area (Å²) in [5.41, 5.74) is 0. The van der Waals surface area contributed by atoms with Crippen LogP contribution in [0.3, 0.4) is 0 Å². The quantitative estimate of drug-likeness (QED) is 0.613. The van der Waals surface area contributed by atoms with Gasteiger partial charge in [-0.3, -0.25) is 0 Å². The SMILES string of the molecule is CCc1cnc(C2CC(I)C2)o1. The predicted molar refractivity (Wildman–Crippen MR) is 55.7 cm³/mol. The molecule has 3 heteroatoms. The summed E-state index contributed by atoms with van der Waals surface area (Å²) >= 11 is 2.48. The van der Waals surface area contributed by atoms with Crippen molar-refractivity contribution in [3.8, 4) is 0 Å². The molecule has 1 aromatic rings. The minimum absolute atomic E-state index is 0.604. The van der Waals surface area contributed by atoms with Gasteiger partial charge in [0.25, 0.3) is 0 Å². The van der Waals surface area contributed by atoms with Gasteiger partial charge in [0.2, 0.25) is 0 Å². The van der Waals surface area contributed by atoms with Gasteiger partial charge in [-0.05, 0) is 12.8 Å². The van der Waals surface area contributed by atoms with Gasteiger partial charge in [-0.25, -0.2) is 4.98 Å². The molecule has 0 saturated heterocycles. The number of hydrogen-bond donors (Lipinski definition) is 0. The highest BCUT2D eigenvalue weighted by atomic mass is 127. The van der Waals surface area contributed by atoms with Gasteiger partial charge >= 0.3 is 0 Å². The highest BCUT2D eigenvalue weighted by Gasteiger charge is 2.31. The molecule has 1 aliphatic carbocycles. The molecule has 0 aromatic carbocycles. The Morgan fingerprint density at radius 2 is 2.42 bits per heavy atom. The maximum Gasteiger partial charge on any atom is 0.197 e. The van der Waals surface area contributed by atoms with Crippen LogP contribution in [-0.4, -0.2) is 8.91 Å². The zero-order valence-electron chi connectivity index (χ0n) is 7.09. The van der Waals surface area contributed by atoms with E-state index in [-0.39, 0.29) is 0 Å². The van der Waals surface area contributed by atoms with Crippen molar-refractivity contribution in [3.63, 3.8) is 0 Å². The molecule has 0 spiro atoms. The Hall–Kier alpha value is -0.0600. The molecule has 0 atom stereocenters. The van der Waals surface area contributed by atoms with Crippen LogP contribution in [0.15, 0.2) is 10.6 Å². The Kier molecular flexibility index (Phi) is 2.39. The Morgan fingerprint density at radius 3 is 2.92 bits per heavy atom. The summed E-state index contributed by atoms with van der Waals surface area (Å²) in [6, 6.07) is 0. The number of aromatic nitrogens is 1. The molecule has 12 heavy (non-hydrogen) atoms. The number of nitrogens with zero attached hydrogens (tertiary/aromatic N) is 1. The third-order valence-corrected chi connectivity index (χ3v) is 3.37. The van der Waals surface area contributed by atoms with E-state index in [0.717, 1.165) is 22.0 Å². The van der Waals surface area contributed by atoms with Crippen LogP contribution in [0.25, 0.3) is 0 Å². The number of hydrogen-bond acceptors (Lipinski definition) is 2. The maximum atomic E-state index is 5.57. The summed E-state index contributed by atoms with van der Waals surface area (Å²) in [5.74, 6) is 2.58. The fraction of sp³-hybridized carbons (Fsp3) is 0.667. The van der Waals surface area contributed by atoms with Gasteiger partial charge in [0.15, 0.2) is 5.89 Å². The van der Waals surface area contributed by atoms with E-state index in [0.29, 0.717) is 5.92 Å². The molecule has 2 nitrogen and oxygen atoms in total. The zero-order chi connectivity index (χ0) is 8.55. The summed E-state index contributed by atoms with van der Waals surface area (Å²) in [6.45, 7) is 2.09. The third-order valence-electron chi connectivity index (χ3n) is 2.35. The van der Waals surface area contributed by atoms with Crippen LogP contribution in [0.2, 0.25) is 0 Å². The molecule has 1 heterocycles. The van der Waals surface area contributed by atoms with Gasteiger partial charge < -0.3 is 4.42 Å². The summed E-state index contributed by atoms with van der Waals surface area (Å²) in [5, 5.41) is 0. The van der Waals surface area contributed by atoms with Crippen molar-refractivity contribution in [2.75, 3.05) is 0 Å². The fourth-order valence-corrected chi connectivity index (χ4v) is 2.65. The first-order valence-corrected chi connectivity index (χ1v) is 5.62. The van der Waals surface area contributed by atoms with Crippen molar-refractivity contribution >= 4 is 22.6 Å². The average molecular weight is 277 g/mol. The molecule has 0 bridgehead atoms. The van der Waals surface area contributed by atoms with E-state index in [1.165, 1.54) is 12.8 Å². The van der Waals surface area contributed by atoms with Crippen LogP contribution >= 0.6 is 22.6 Å². The minimum Gasteiger partial charge on any atom is -0.445 e. The Balaban J connectivity index is 2.04. The van der Waals surface area contributed by atoms with Crippen LogP contribution in [0, 0.1) is 0 Å². The number of rotatable bonds is 2. The summed E-state index contributed by atoms with van der Waals surface area (Å²) in [7, 11) is 0. The van der Waals surface area contributed by atoms with Crippen molar-refractivity contribution in [3.05, 3.63) is 17.8 Å². The molecule has 2 rings (SSSR count). The maximum absolute atomic E-state index is 5.57. The van der Waals surface area contributed by atoms with E-state index < -0.39 is 0 Å². The topological polar surface area (TPSA) is 26.0 Å². The van der Waals surface area contributed by atoms with Crippen LogP contribution in [-0.2, 0) is 6.42 Å². The van der Waals surface area contributed by atoms with E-state index in [2.05, 4.69) is 34.5 Å². The predicted octanol–water partition coefficient (Wildman–Crippen LogP) is 2.92. The average Bonchev–Trinajstić information content (AvgIpc) is 2.46. The number of alkyl halides is 1. The molecule has 0 radical (unpaired) electrons. The first kappa shape index (κ1) is 8.53. The Bertz CT molecular complexity index is 265. The van der Waals surface area contributed by atoms with Gasteiger partial charge in [-0.1, -0.05) is 29.5 Å². The molecule has 0 unspecified atom stereocenters. The van der Waals surface area contributed by atoms with Gasteiger partial charge in [-0.2, -0.15) is 0 Å². The summed E-state index contributed by atoms with van der Waals surface area (Å²) in [6.07, 6.45) is 5.29. The highest BCUT2D eigenvalue weighted by Crippen LogP contribution is 2.40. The van der Waals surface area contributed by atoms with Gasteiger partial charge in [-0.15, -0.1) is 0 Å². The molecule has 0 amide bonds. The zero-order valence-corrected chi connectivity index (χ0v) is 9.24. The molecule has 1 aromatic heterocycles. The first-order chi connectivity index (χ1) is 5.79. The number of halogens is 1. The van der Waals surface area contributed by atoms with Crippen molar-refractivity contribution in [2.24, 2.45) is 0 Å². The second-order valence-corrected chi connectivity index (χ2v) is 5.05. The Labute approximate surface area is 85.9 Å². The molecular formula is C9H12INO. The molecule has 0 aliphatic heterocycles. The highest BCUT2D eigenvalue weighted by molar-refractivity contribution is 14.1. The standard InChI is InChI=1S/C9H12INO/c1-2-8-5-11-9(12-8)6-3-7(10)4-6/h5-7H,2-4H2,1H3. The molecular weight excluding hydrogens is 265 g/mol. The van der Waals surface area contributed by atoms with Crippen molar-refractivity contribution in [2.45, 2.75) is 36.0 Å². The van der Waals surface area contributed by atoms with Crippen LogP contribution in [0.4, 0.5) is 0 Å².